The minimum atomic E-state index is -0.164. The third-order valence-electron chi connectivity index (χ3n) is 3.91. The third-order valence-corrected chi connectivity index (χ3v) is 3.91. The number of ether oxygens (including phenoxy) is 3. The molecular formula is C19H31NO4. The van der Waals surface area contributed by atoms with Crippen LogP contribution in [0.4, 0.5) is 0 Å². The smallest absolute Gasteiger partial charge is 0.223 e. The molecule has 0 aromatic heterocycles. The minimum absolute atomic E-state index is 0.164. The number of nitrogens with zero attached hydrogens (tertiary/aromatic N) is 1. The third kappa shape index (κ3) is 5.05. The number of carbonyl (C=O) groups excluding carboxylic acids is 1. The lowest BCUT2D eigenvalue weighted by molar-refractivity contribution is -0.135. The molecule has 0 saturated carbocycles. The molecule has 1 aromatic rings. The summed E-state index contributed by atoms with van der Waals surface area (Å²) < 4.78 is 16.1. The van der Waals surface area contributed by atoms with E-state index in [1.165, 1.54) is 0 Å². The average molecular weight is 337 g/mol. The Labute approximate surface area is 145 Å². The highest BCUT2D eigenvalue weighted by Gasteiger charge is 2.25. The van der Waals surface area contributed by atoms with E-state index < -0.39 is 0 Å². The molecule has 0 spiro atoms. The number of methoxy groups -OCH3 is 3. The normalized spacial score (nSPS) is 11.1. The molecule has 0 radical (unpaired) electrons. The quantitative estimate of drug-likeness (QED) is 0.726. The van der Waals surface area contributed by atoms with E-state index in [0.717, 1.165) is 18.5 Å². The molecule has 0 fully saturated rings. The molecule has 0 atom stereocenters. The van der Waals surface area contributed by atoms with Crippen molar-refractivity contribution in [2.75, 3.05) is 27.9 Å². The van der Waals surface area contributed by atoms with E-state index in [1.54, 1.807) is 21.3 Å². The van der Waals surface area contributed by atoms with Crippen molar-refractivity contribution in [3.05, 3.63) is 17.7 Å². The average Bonchev–Trinajstić information content (AvgIpc) is 2.55. The first-order chi connectivity index (χ1) is 11.3. The maximum Gasteiger partial charge on any atom is 0.223 e. The van der Waals surface area contributed by atoms with Crippen molar-refractivity contribution in [3.8, 4) is 17.2 Å². The van der Waals surface area contributed by atoms with Gasteiger partial charge < -0.3 is 19.1 Å². The molecule has 0 unspecified atom stereocenters. The summed E-state index contributed by atoms with van der Waals surface area (Å²) in [6, 6.07) is 3.80. The zero-order valence-corrected chi connectivity index (χ0v) is 16.1. The van der Waals surface area contributed by atoms with Crippen molar-refractivity contribution in [2.45, 2.75) is 52.5 Å². The Balaban J connectivity index is 2.92. The van der Waals surface area contributed by atoms with Gasteiger partial charge in [-0.15, -0.1) is 0 Å². The van der Waals surface area contributed by atoms with Crippen molar-refractivity contribution in [1.82, 2.24) is 4.90 Å². The molecule has 0 bridgehead atoms. The molecule has 0 saturated heterocycles. The van der Waals surface area contributed by atoms with Crippen molar-refractivity contribution in [3.63, 3.8) is 0 Å². The molecule has 0 heterocycles. The van der Waals surface area contributed by atoms with E-state index in [0.29, 0.717) is 30.1 Å². The van der Waals surface area contributed by atoms with E-state index in [2.05, 4.69) is 27.7 Å². The van der Waals surface area contributed by atoms with Crippen LogP contribution in [-0.2, 0) is 11.2 Å². The van der Waals surface area contributed by atoms with Crippen LogP contribution in [0.25, 0.3) is 0 Å². The fourth-order valence-electron chi connectivity index (χ4n) is 2.72. The van der Waals surface area contributed by atoms with Crippen LogP contribution in [0.5, 0.6) is 17.2 Å². The number of amides is 1. The summed E-state index contributed by atoms with van der Waals surface area (Å²) in [4.78, 5) is 14.6. The van der Waals surface area contributed by atoms with Gasteiger partial charge >= 0.3 is 0 Å². The molecule has 5 heteroatoms. The number of benzene rings is 1. The van der Waals surface area contributed by atoms with Gasteiger partial charge in [-0.05, 0) is 51.3 Å². The first-order valence-corrected chi connectivity index (χ1v) is 8.37. The summed E-state index contributed by atoms with van der Waals surface area (Å²) in [5.74, 6) is 1.96. The van der Waals surface area contributed by atoms with Crippen LogP contribution in [0.1, 0.15) is 46.1 Å². The fourth-order valence-corrected chi connectivity index (χ4v) is 2.72. The van der Waals surface area contributed by atoms with Crippen molar-refractivity contribution in [2.24, 2.45) is 0 Å². The van der Waals surface area contributed by atoms with E-state index >= 15 is 0 Å². The largest absolute Gasteiger partial charge is 0.493 e. The molecule has 1 amide bonds. The summed E-state index contributed by atoms with van der Waals surface area (Å²) in [7, 11) is 4.76. The Morgan fingerprint density at radius 3 is 1.96 bits per heavy atom. The van der Waals surface area contributed by atoms with E-state index in [4.69, 9.17) is 14.2 Å². The Kier molecular flexibility index (Phi) is 7.39. The molecule has 0 aliphatic rings. The number of aryl methyl sites for hydroxylation is 1. The van der Waals surface area contributed by atoms with Crippen LogP contribution >= 0.6 is 0 Å². The second-order valence-corrected chi connectivity index (χ2v) is 6.75. The van der Waals surface area contributed by atoms with Gasteiger partial charge in [0.05, 0.1) is 21.3 Å². The topological polar surface area (TPSA) is 48.0 Å². The second kappa shape index (κ2) is 8.81. The number of carbonyl (C=O) groups is 1. The van der Waals surface area contributed by atoms with Gasteiger partial charge in [0.15, 0.2) is 11.5 Å². The minimum Gasteiger partial charge on any atom is -0.493 e. The molecule has 24 heavy (non-hydrogen) atoms. The molecule has 1 aromatic carbocycles. The van der Waals surface area contributed by atoms with Crippen molar-refractivity contribution >= 4 is 5.91 Å². The SMILES string of the molecule is CCCN(C(=O)CCc1cc(OC)c(OC)c(OC)c1)C(C)(C)C. The number of hydrogen-bond donors (Lipinski definition) is 0. The first-order valence-electron chi connectivity index (χ1n) is 8.37. The van der Waals surface area contributed by atoms with Gasteiger partial charge in [0.2, 0.25) is 11.7 Å². The van der Waals surface area contributed by atoms with Crippen LogP contribution in [0.15, 0.2) is 12.1 Å². The molecule has 1 rings (SSSR count). The van der Waals surface area contributed by atoms with Gasteiger partial charge in [-0.25, -0.2) is 0 Å². The lowest BCUT2D eigenvalue weighted by Crippen LogP contribution is -2.46. The lowest BCUT2D eigenvalue weighted by Gasteiger charge is -2.35. The first kappa shape index (κ1) is 20.1. The predicted molar refractivity (Wildman–Crippen MR) is 96.2 cm³/mol. The molecule has 0 aliphatic heterocycles. The van der Waals surface area contributed by atoms with Crippen molar-refractivity contribution < 1.29 is 19.0 Å². The van der Waals surface area contributed by atoms with Gasteiger partial charge in [-0.3, -0.25) is 4.79 Å². The van der Waals surface area contributed by atoms with Crippen molar-refractivity contribution in [1.29, 1.82) is 0 Å². The van der Waals surface area contributed by atoms with Crippen LogP contribution in [-0.4, -0.2) is 44.2 Å². The Morgan fingerprint density at radius 1 is 1.04 bits per heavy atom. The summed E-state index contributed by atoms with van der Waals surface area (Å²) in [6.07, 6.45) is 2.04. The molecular weight excluding hydrogens is 306 g/mol. The van der Waals surface area contributed by atoms with Gasteiger partial charge in [0.25, 0.3) is 0 Å². The zero-order chi connectivity index (χ0) is 18.3. The van der Waals surface area contributed by atoms with Crippen LogP contribution < -0.4 is 14.2 Å². The Bertz CT molecular complexity index is 524. The molecule has 136 valence electrons. The van der Waals surface area contributed by atoms with E-state index in [9.17, 15) is 4.79 Å². The Morgan fingerprint density at radius 2 is 1.58 bits per heavy atom. The predicted octanol–water partition coefficient (Wildman–Crippen LogP) is 3.68. The maximum absolute atomic E-state index is 12.6. The van der Waals surface area contributed by atoms with Crippen LogP contribution in [0, 0.1) is 0 Å². The second-order valence-electron chi connectivity index (χ2n) is 6.75. The molecule has 5 nitrogen and oxygen atoms in total. The Hall–Kier alpha value is -1.91. The number of hydrogen-bond acceptors (Lipinski definition) is 4. The number of rotatable bonds is 8. The van der Waals surface area contributed by atoms with Gasteiger partial charge in [0.1, 0.15) is 0 Å². The molecule has 0 aliphatic carbocycles. The molecule has 0 N–H and O–H groups in total. The van der Waals surface area contributed by atoms with Crippen LogP contribution in [0.3, 0.4) is 0 Å². The monoisotopic (exact) mass is 337 g/mol. The highest BCUT2D eigenvalue weighted by Crippen LogP contribution is 2.38. The summed E-state index contributed by atoms with van der Waals surface area (Å²) in [6.45, 7) is 9.07. The van der Waals surface area contributed by atoms with Gasteiger partial charge in [-0.1, -0.05) is 6.92 Å². The van der Waals surface area contributed by atoms with E-state index in [-0.39, 0.29) is 11.4 Å². The summed E-state index contributed by atoms with van der Waals surface area (Å²) in [5, 5.41) is 0. The van der Waals surface area contributed by atoms with E-state index in [1.807, 2.05) is 17.0 Å². The maximum atomic E-state index is 12.6. The fraction of sp³-hybridized carbons (Fsp3) is 0.632. The van der Waals surface area contributed by atoms with Gasteiger partial charge in [-0.2, -0.15) is 0 Å². The van der Waals surface area contributed by atoms with Gasteiger partial charge in [0, 0.05) is 18.5 Å². The summed E-state index contributed by atoms with van der Waals surface area (Å²) >= 11 is 0. The lowest BCUT2D eigenvalue weighted by atomic mass is 10.0. The highest BCUT2D eigenvalue weighted by atomic mass is 16.5. The zero-order valence-electron chi connectivity index (χ0n) is 16.1. The standard InChI is InChI=1S/C19H31NO4/c1-8-11-20(19(2,3)4)17(21)10-9-14-12-15(22-5)18(24-7)16(13-14)23-6/h12-13H,8-11H2,1-7H3. The summed E-state index contributed by atoms with van der Waals surface area (Å²) in [5.41, 5.74) is 0.825. The highest BCUT2D eigenvalue weighted by molar-refractivity contribution is 5.77. The van der Waals surface area contributed by atoms with Crippen LogP contribution in [0.2, 0.25) is 0 Å².